The predicted octanol–water partition coefficient (Wildman–Crippen LogP) is 4.30. The minimum absolute atomic E-state index is 0.226. The van der Waals surface area contributed by atoms with Crippen molar-refractivity contribution in [3.63, 3.8) is 0 Å². The van der Waals surface area contributed by atoms with E-state index in [4.69, 9.17) is 11.6 Å². The molecule has 2 heterocycles. The van der Waals surface area contributed by atoms with Crippen LogP contribution in [0.15, 0.2) is 22.5 Å². The van der Waals surface area contributed by atoms with Gasteiger partial charge in [0.05, 0.1) is 16.0 Å². The van der Waals surface area contributed by atoms with Crippen LogP contribution in [0.2, 0.25) is 5.02 Å². The molecule has 1 aromatic heterocycles. The average molecular weight is 341 g/mol. The average Bonchev–Trinajstić information content (AvgIpc) is 2.87. The van der Waals surface area contributed by atoms with Crippen LogP contribution in [0.25, 0.3) is 10.2 Å². The summed E-state index contributed by atoms with van der Waals surface area (Å²) in [7, 11) is 0. The molecule has 1 fully saturated rings. The Morgan fingerprint density at radius 1 is 1.48 bits per heavy atom. The Bertz CT molecular complexity index is 650. The first-order valence-electron chi connectivity index (χ1n) is 7.08. The van der Waals surface area contributed by atoms with Crippen molar-refractivity contribution in [3.8, 4) is 0 Å². The standard InChI is InChI=1S/C15H17ClN2OS2/c1-10-4-6-18(7-5-10)14(19)9-20-15-17-12-8-11(16)2-3-13(12)21-15/h2-3,8,10H,4-7,9H2,1H3. The molecule has 1 aliphatic heterocycles. The second-order valence-electron chi connectivity index (χ2n) is 5.44. The van der Waals surface area contributed by atoms with Crippen LogP contribution >= 0.6 is 34.7 Å². The number of aromatic nitrogens is 1. The second kappa shape index (κ2) is 6.55. The lowest BCUT2D eigenvalue weighted by Gasteiger charge is -2.30. The zero-order valence-electron chi connectivity index (χ0n) is 11.8. The van der Waals surface area contributed by atoms with E-state index < -0.39 is 0 Å². The maximum Gasteiger partial charge on any atom is 0.233 e. The van der Waals surface area contributed by atoms with Crippen molar-refractivity contribution in [1.82, 2.24) is 9.88 Å². The highest BCUT2D eigenvalue weighted by atomic mass is 35.5. The van der Waals surface area contributed by atoms with Crippen LogP contribution in [0.3, 0.4) is 0 Å². The van der Waals surface area contributed by atoms with Crippen molar-refractivity contribution in [2.24, 2.45) is 5.92 Å². The molecule has 0 radical (unpaired) electrons. The smallest absolute Gasteiger partial charge is 0.233 e. The van der Waals surface area contributed by atoms with Crippen LogP contribution in [0.4, 0.5) is 0 Å². The molecule has 1 saturated heterocycles. The van der Waals surface area contributed by atoms with Gasteiger partial charge in [0.2, 0.25) is 5.91 Å². The summed E-state index contributed by atoms with van der Waals surface area (Å²) in [6.45, 7) is 4.05. The summed E-state index contributed by atoms with van der Waals surface area (Å²) in [5.74, 6) is 1.45. The molecular formula is C15H17ClN2OS2. The number of amides is 1. The van der Waals surface area contributed by atoms with Crippen molar-refractivity contribution < 1.29 is 4.79 Å². The second-order valence-corrected chi connectivity index (χ2v) is 8.13. The largest absolute Gasteiger partial charge is 0.342 e. The van der Waals surface area contributed by atoms with E-state index >= 15 is 0 Å². The third-order valence-electron chi connectivity index (χ3n) is 3.79. The van der Waals surface area contributed by atoms with Gasteiger partial charge in [-0.25, -0.2) is 4.98 Å². The van der Waals surface area contributed by atoms with Crippen LogP contribution in [-0.2, 0) is 4.79 Å². The Hall–Kier alpha value is -0.780. The van der Waals surface area contributed by atoms with Crippen molar-refractivity contribution in [1.29, 1.82) is 0 Å². The van der Waals surface area contributed by atoms with Gasteiger partial charge in [-0.15, -0.1) is 11.3 Å². The number of rotatable bonds is 3. The minimum atomic E-state index is 0.226. The third kappa shape index (κ3) is 3.71. The highest BCUT2D eigenvalue weighted by Crippen LogP contribution is 2.31. The highest BCUT2D eigenvalue weighted by Gasteiger charge is 2.20. The number of fused-ring (bicyclic) bond motifs is 1. The third-order valence-corrected chi connectivity index (χ3v) is 6.18. The Morgan fingerprint density at radius 2 is 2.24 bits per heavy atom. The summed E-state index contributed by atoms with van der Waals surface area (Å²) < 4.78 is 2.05. The predicted molar refractivity (Wildman–Crippen MR) is 90.3 cm³/mol. The number of hydrogen-bond donors (Lipinski definition) is 0. The van der Waals surface area contributed by atoms with Crippen molar-refractivity contribution in [3.05, 3.63) is 23.2 Å². The van der Waals surface area contributed by atoms with Crippen molar-refractivity contribution in [2.45, 2.75) is 24.1 Å². The Morgan fingerprint density at radius 3 is 3.00 bits per heavy atom. The van der Waals surface area contributed by atoms with E-state index in [1.807, 2.05) is 23.1 Å². The molecule has 21 heavy (non-hydrogen) atoms. The fourth-order valence-corrected chi connectivity index (χ4v) is 4.53. The van der Waals surface area contributed by atoms with Gasteiger partial charge >= 0.3 is 0 Å². The molecule has 3 rings (SSSR count). The molecule has 0 spiro atoms. The normalized spacial score (nSPS) is 16.6. The number of thiazole rings is 1. The molecule has 1 aliphatic rings. The SMILES string of the molecule is CC1CCN(C(=O)CSc2nc3cc(Cl)ccc3s2)CC1. The summed E-state index contributed by atoms with van der Waals surface area (Å²) in [5.41, 5.74) is 0.911. The zero-order valence-corrected chi connectivity index (χ0v) is 14.2. The van der Waals surface area contributed by atoms with Gasteiger partial charge in [-0.3, -0.25) is 4.79 Å². The minimum Gasteiger partial charge on any atom is -0.342 e. The molecule has 0 bridgehead atoms. The van der Waals surface area contributed by atoms with Gasteiger partial charge in [0, 0.05) is 18.1 Å². The molecule has 112 valence electrons. The lowest BCUT2D eigenvalue weighted by molar-refractivity contribution is -0.129. The molecule has 0 atom stereocenters. The molecular weight excluding hydrogens is 324 g/mol. The monoisotopic (exact) mass is 340 g/mol. The summed E-state index contributed by atoms with van der Waals surface area (Å²) >= 11 is 9.11. The van der Waals surface area contributed by atoms with Gasteiger partial charge in [-0.1, -0.05) is 30.3 Å². The summed E-state index contributed by atoms with van der Waals surface area (Å²) in [6, 6.07) is 5.72. The first kappa shape index (κ1) is 15.1. The fraction of sp³-hybridized carbons (Fsp3) is 0.467. The Balaban J connectivity index is 1.59. The lowest BCUT2D eigenvalue weighted by atomic mass is 9.99. The van der Waals surface area contributed by atoms with Gasteiger partial charge in [0.25, 0.3) is 0 Å². The van der Waals surface area contributed by atoms with Gasteiger partial charge in [-0.2, -0.15) is 0 Å². The summed E-state index contributed by atoms with van der Waals surface area (Å²) in [4.78, 5) is 18.7. The molecule has 0 N–H and O–H groups in total. The number of hydrogen-bond acceptors (Lipinski definition) is 4. The van der Waals surface area contributed by atoms with Crippen LogP contribution in [0.5, 0.6) is 0 Å². The molecule has 1 aromatic carbocycles. The lowest BCUT2D eigenvalue weighted by Crippen LogP contribution is -2.38. The van der Waals surface area contributed by atoms with E-state index in [9.17, 15) is 4.79 Å². The highest BCUT2D eigenvalue weighted by molar-refractivity contribution is 8.01. The van der Waals surface area contributed by atoms with E-state index in [1.54, 1.807) is 11.3 Å². The van der Waals surface area contributed by atoms with E-state index in [1.165, 1.54) is 11.8 Å². The topological polar surface area (TPSA) is 33.2 Å². The van der Waals surface area contributed by atoms with Crippen LogP contribution in [-0.4, -0.2) is 34.6 Å². The number of likely N-dealkylation sites (tertiary alicyclic amines) is 1. The number of nitrogens with zero attached hydrogens (tertiary/aromatic N) is 2. The number of carbonyl (C=O) groups excluding carboxylic acids is 1. The van der Waals surface area contributed by atoms with Crippen LogP contribution in [0, 0.1) is 5.92 Å². The molecule has 1 amide bonds. The molecule has 2 aromatic rings. The first-order valence-corrected chi connectivity index (χ1v) is 9.26. The van der Waals surface area contributed by atoms with E-state index in [0.717, 1.165) is 46.4 Å². The molecule has 6 heteroatoms. The number of piperidine rings is 1. The number of benzene rings is 1. The summed E-state index contributed by atoms with van der Waals surface area (Å²) in [6.07, 6.45) is 2.24. The Kier molecular flexibility index (Phi) is 4.72. The fourth-order valence-electron chi connectivity index (χ4n) is 2.41. The van der Waals surface area contributed by atoms with Gasteiger partial charge in [0.15, 0.2) is 4.34 Å². The molecule has 0 saturated carbocycles. The first-order chi connectivity index (χ1) is 10.1. The molecule has 0 aliphatic carbocycles. The van der Waals surface area contributed by atoms with Crippen molar-refractivity contribution in [2.75, 3.05) is 18.8 Å². The zero-order chi connectivity index (χ0) is 14.8. The van der Waals surface area contributed by atoms with Gasteiger partial charge in [-0.05, 0) is 37.0 Å². The molecule has 0 unspecified atom stereocenters. The number of thioether (sulfide) groups is 1. The van der Waals surface area contributed by atoms with Gasteiger partial charge in [0.1, 0.15) is 0 Å². The van der Waals surface area contributed by atoms with Crippen LogP contribution in [0.1, 0.15) is 19.8 Å². The summed E-state index contributed by atoms with van der Waals surface area (Å²) in [5, 5.41) is 0.697. The number of carbonyl (C=O) groups is 1. The van der Waals surface area contributed by atoms with Crippen LogP contribution < -0.4 is 0 Å². The maximum absolute atomic E-state index is 12.2. The molecule has 3 nitrogen and oxygen atoms in total. The van der Waals surface area contributed by atoms with E-state index in [2.05, 4.69) is 11.9 Å². The van der Waals surface area contributed by atoms with Crippen molar-refractivity contribution >= 4 is 50.8 Å². The van der Waals surface area contributed by atoms with Gasteiger partial charge < -0.3 is 4.90 Å². The van der Waals surface area contributed by atoms with E-state index in [0.29, 0.717) is 10.8 Å². The number of halogens is 1. The van der Waals surface area contributed by atoms with E-state index in [-0.39, 0.29) is 5.91 Å². The quantitative estimate of drug-likeness (QED) is 0.781. The Labute approximate surface area is 137 Å². The maximum atomic E-state index is 12.2.